The van der Waals surface area contributed by atoms with Crippen molar-refractivity contribution in [2.45, 2.75) is 63.2 Å². The summed E-state index contributed by atoms with van der Waals surface area (Å²) in [6.45, 7) is 0.289. The van der Waals surface area contributed by atoms with E-state index in [4.69, 9.17) is 21.7 Å². The molecule has 0 radical (unpaired) electrons. The minimum absolute atomic E-state index is 0.0294. The van der Waals surface area contributed by atoms with Crippen molar-refractivity contribution >= 4 is 70.2 Å². The number of aromatic nitrogens is 4. The van der Waals surface area contributed by atoms with Gasteiger partial charge in [-0.25, -0.2) is 24.4 Å². The number of nitrogen functional groups attached to an aromatic ring is 2. The largest absolute Gasteiger partial charge is 0.481 e. The summed E-state index contributed by atoms with van der Waals surface area (Å²) in [5.74, 6) is -8.15. The lowest BCUT2D eigenvalue weighted by molar-refractivity contribution is -0.144. The van der Waals surface area contributed by atoms with Gasteiger partial charge in [-0.1, -0.05) is 0 Å². The predicted molar refractivity (Wildman–Crippen MR) is 176 cm³/mol. The van der Waals surface area contributed by atoms with Crippen LogP contribution in [0.4, 0.5) is 17.5 Å². The summed E-state index contributed by atoms with van der Waals surface area (Å²) in [7, 11) is 1.76. The third-order valence-electron chi connectivity index (χ3n) is 7.31. The number of carbonyl (C=O) groups excluding carboxylic acids is 3. The van der Waals surface area contributed by atoms with E-state index in [1.54, 1.807) is 24.1 Å². The van der Waals surface area contributed by atoms with Crippen LogP contribution < -0.4 is 32.3 Å². The van der Waals surface area contributed by atoms with Crippen LogP contribution in [0, 0.1) is 0 Å². The Bertz CT molecular complexity index is 1810. The van der Waals surface area contributed by atoms with Crippen LogP contribution in [-0.2, 0) is 35.3 Å². The number of hydrogen-bond acceptors (Lipinski definition) is 14. The molecule has 2 heterocycles. The number of benzene rings is 1. The average molecular weight is 713 g/mol. The maximum absolute atomic E-state index is 12.8. The molecule has 11 N–H and O–H groups in total. The standard InChI is InChI=1S/C30H36N10O11/c1-40(13-15-12-33-25-23(34-15)24(31)38-30(32)39-25)16-4-2-14(3-5-16)26(45)37-19(29(50)51)7-10-21(42)35-17(27(46)47)6-9-20(41)36-18(28(48)49)8-11-22(43)44/h2-5,12,17-19H,6-11,13H2,1H3,(H,35,42)(H,36,41)(H,37,45)(H,43,44)(H,46,47)(H,48,49)(H,50,51)(H4,31,32,33,38,39)/t17-,18+,19+/m0/s1. The Hall–Kier alpha value is -6.67. The monoisotopic (exact) mass is 712 g/mol. The van der Waals surface area contributed by atoms with Gasteiger partial charge in [0.1, 0.15) is 18.1 Å². The van der Waals surface area contributed by atoms with Crippen LogP contribution >= 0.6 is 0 Å². The second-order valence-corrected chi connectivity index (χ2v) is 11.2. The molecule has 3 amide bonds. The highest BCUT2D eigenvalue weighted by Crippen LogP contribution is 2.19. The molecule has 0 saturated heterocycles. The van der Waals surface area contributed by atoms with Crippen molar-refractivity contribution in [1.29, 1.82) is 0 Å². The molecule has 0 saturated carbocycles. The highest BCUT2D eigenvalue weighted by molar-refractivity contribution is 5.97. The maximum atomic E-state index is 12.8. The van der Waals surface area contributed by atoms with E-state index in [2.05, 4.69) is 35.9 Å². The van der Waals surface area contributed by atoms with E-state index in [-0.39, 0.29) is 29.5 Å². The van der Waals surface area contributed by atoms with Gasteiger partial charge in [0.2, 0.25) is 17.8 Å². The molecule has 21 heteroatoms. The predicted octanol–water partition coefficient (Wildman–Crippen LogP) is -1.03. The summed E-state index contributed by atoms with van der Waals surface area (Å²) in [6, 6.07) is 1.56. The summed E-state index contributed by atoms with van der Waals surface area (Å²) in [5.41, 5.74) is 13.3. The lowest BCUT2D eigenvalue weighted by atomic mass is 10.1. The number of carbonyl (C=O) groups is 7. The zero-order valence-electron chi connectivity index (χ0n) is 27.1. The normalized spacial score (nSPS) is 12.6. The fraction of sp³-hybridized carbons (Fsp3) is 0.367. The maximum Gasteiger partial charge on any atom is 0.326 e. The number of nitrogens with two attached hydrogens (primary N) is 2. The first-order valence-corrected chi connectivity index (χ1v) is 15.2. The van der Waals surface area contributed by atoms with Crippen LogP contribution in [0.2, 0.25) is 0 Å². The molecule has 2 aromatic heterocycles. The van der Waals surface area contributed by atoms with Crippen molar-refractivity contribution < 1.29 is 54.0 Å². The number of nitrogens with zero attached hydrogens (tertiary/aromatic N) is 5. The van der Waals surface area contributed by atoms with E-state index in [0.717, 1.165) is 0 Å². The van der Waals surface area contributed by atoms with Gasteiger partial charge in [-0.3, -0.25) is 19.2 Å². The molecule has 3 atom stereocenters. The Morgan fingerprint density at radius 1 is 0.725 bits per heavy atom. The van der Waals surface area contributed by atoms with Crippen molar-refractivity contribution in [1.82, 2.24) is 35.9 Å². The zero-order valence-corrected chi connectivity index (χ0v) is 27.1. The van der Waals surface area contributed by atoms with Crippen LogP contribution in [-0.4, -0.2) is 107 Å². The van der Waals surface area contributed by atoms with Crippen LogP contribution in [0.3, 0.4) is 0 Å². The van der Waals surface area contributed by atoms with E-state index < -0.39 is 98.2 Å². The number of fused-ring (bicyclic) bond motifs is 1. The van der Waals surface area contributed by atoms with Crippen LogP contribution in [0.5, 0.6) is 0 Å². The quantitative estimate of drug-likeness (QED) is 0.0717. The molecule has 272 valence electrons. The topological polar surface area (TPSA) is 343 Å². The summed E-state index contributed by atoms with van der Waals surface area (Å²) in [6.07, 6.45) is -1.29. The van der Waals surface area contributed by atoms with Crippen molar-refractivity contribution in [3.05, 3.63) is 41.7 Å². The molecule has 1 aromatic carbocycles. The molecule has 3 aromatic rings. The first-order valence-electron chi connectivity index (χ1n) is 15.2. The van der Waals surface area contributed by atoms with Crippen molar-refractivity contribution in [2.75, 3.05) is 23.4 Å². The Kier molecular flexibility index (Phi) is 13.4. The van der Waals surface area contributed by atoms with Crippen LogP contribution in [0.1, 0.15) is 54.6 Å². The molecular weight excluding hydrogens is 676 g/mol. The van der Waals surface area contributed by atoms with E-state index in [1.165, 1.54) is 18.3 Å². The first kappa shape index (κ1) is 38.8. The minimum Gasteiger partial charge on any atom is -0.481 e. The molecule has 51 heavy (non-hydrogen) atoms. The fourth-order valence-electron chi connectivity index (χ4n) is 4.63. The first-order chi connectivity index (χ1) is 24.0. The highest BCUT2D eigenvalue weighted by atomic mass is 16.4. The molecule has 21 nitrogen and oxygen atoms in total. The van der Waals surface area contributed by atoms with E-state index in [1.807, 2.05) is 0 Å². The summed E-state index contributed by atoms with van der Waals surface area (Å²) in [5, 5.41) is 43.6. The number of anilines is 3. The lowest BCUT2D eigenvalue weighted by Gasteiger charge is -2.20. The molecule has 0 aliphatic rings. The third-order valence-corrected chi connectivity index (χ3v) is 7.31. The molecule has 0 unspecified atom stereocenters. The Labute approximate surface area is 288 Å². The number of nitrogens with one attached hydrogen (secondary N) is 3. The van der Waals surface area contributed by atoms with Gasteiger partial charge >= 0.3 is 23.9 Å². The molecular formula is C30H36N10O11. The van der Waals surface area contributed by atoms with Gasteiger partial charge in [0, 0.05) is 37.6 Å². The van der Waals surface area contributed by atoms with Gasteiger partial charge in [0.25, 0.3) is 5.91 Å². The number of rotatable bonds is 19. The minimum atomic E-state index is -1.58. The van der Waals surface area contributed by atoms with Gasteiger partial charge in [-0.05, 0) is 43.5 Å². The number of hydrogen-bond donors (Lipinski definition) is 9. The van der Waals surface area contributed by atoms with Crippen LogP contribution in [0.25, 0.3) is 11.2 Å². The SMILES string of the molecule is CN(Cc1cnc2nc(N)nc(N)c2n1)c1ccc(C(=O)N[C@H](CCC(=O)N[C@@H](CCC(=O)N[C@H](CCC(=O)O)C(=O)O)C(=O)O)C(=O)O)cc1. The Balaban J connectivity index is 1.52. The van der Waals surface area contributed by atoms with Gasteiger partial charge in [-0.15, -0.1) is 0 Å². The molecule has 0 aliphatic heterocycles. The molecule has 0 spiro atoms. The van der Waals surface area contributed by atoms with Crippen molar-refractivity contribution in [2.24, 2.45) is 0 Å². The van der Waals surface area contributed by atoms with Crippen molar-refractivity contribution in [3.8, 4) is 0 Å². The molecule has 0 bridgehead atoms. The number of carboxylic acids is 4. The van der Waals surface area contributed by atoms with E-state index in [0.29, 0.717) is 16.9 Å². The van der Waals surface area contributed by atoms with Gasteiger partial charge in [0.05, 0.1) is 18.4 Å². The molecule has 0 aliphatic carbocycles. The summed E-state index contributed by atoms with van der Waals surface area (Å²) >= 11 is 0. The van der Waals surface area contributed by atoms with E-state index >= 15 is 0 Å². The smallest absolute Gasteiger partial charge is 0.326 e. The number of amides is 3. The fourth-order valence-corrected chi connectivity index (χ4v) is 4.63. The van der Waals surface area contributed by atoms with Crippen molar-refractivity contribution in [3.63, 3.8) is 0 Å². The van der Waals surface area contributed by atoms with Gasteiger partial charge < -0.3 is 52.7 Å². The van der Waals surface area contributed by atoms with Gasteiger partial charge in [-0.2, -0.15) is 9.97 Å². The Morgan fingerprint density at radius 3 is 1.75 bits per heavy atom. The second-order valence-electron chi connectivity index (χ2n) is 11.2. The summed E-state index contributed by atoms with van der Waals surface area (Å²) in [4.78, 5) is 101. The van der Waals surface area contributed by atoms with E-state index in [9.17, 15) is 43.8 Å². The Morgan fingerprint density at radius 2 is 1.24 bits per heavy atom. The number of aliphatic carboxylic acids is 4. The second kappa shape index (κ2) is 17.6. The summed E-state index contributed by atoms with van der Waals surface area (Å²) < 4.78 is 0. The van der Waals surface area contributed by atoms with Gasteiger partial charge in [0.15, 0.2) is 17.0 Å². The third kappa shape index (κ3) is 11.8. The number of carboxylic acid groups (broad SMARTS) is 4. The highest BCUT2D eigenvalue weighted by Gasteiger charge is 2.26. The zero-order chi connectivity index (χ0) is 37.8. The van der Waals surface area contributed by atoms with Crippen LogP contribution in [0.15, 0.2) is 30.5 Å². The lowest BCUT2D eigenvalue weighted by Crippen LogP contribution is -2.45. The average Bonchev–Trinajstić information content (AvgIpc) is 3.06. The molecule has 3 rings (SSSR count). The molecule has 0 fully saturated rings.